The van der Waals surface area contributed by atoms with Crippen LogP contribution in [0.2, 0.25) is 0 Å². The van der Waals surface area contributed by atoms with Gasteiger partial charge < -0.3 is 14.6 Å². The lowest BCUT2D eigenvalue weighted by Gasteiger charge is -2.02. The monoisotopic (exact) mass is 262 g/mol. The second kappa shape index (κ2) is 12.4. The van der Waals surface area contributed by atoms with E-state index in [1.165, 1.54) is 0 Å². The molecule has 0 bridgehead atoms. The van der Waals surface area contributed by atoms with Crippen molar-refractivity contribution in [2.75, 3.05) is 13.2 Å². The van der Waals surface area contributed by atoms with Crippen LogP contribution in [0.4, 0.5) is 0 Å². The van der Waals surface area contributed by atoms with Crippen LogP contribution in [0.5, 0.6) is 0 Å². The highest BCUT2D eigenvalue weighted by molar-refractivity contribution is 5.69. The second-order valence-electron chi connectivity index (χ2n) is 4.26. The van der Waals surface area contributed by atoms with Gasteiger partial charge >= 0.3 is 11.9 Å². The number of hydrogen-bond donors (Lipinski definition) is 1. The number of aliphatic hydroxyl groups is 1. The number of ether oxygens (including phenoxy) is 2. The first kappa shape index (κ1) is 19.2. The third-order valence-electron chi connectivity index (χ3n) is 1.65. The Kier molecular flexibility index (Phi) is 13.2. The Morgan fingerprint density at radius 2 is 1.33 bits per heavy atom. The summed E-state index contributed by atoms with van der Waals surface area (Å²) in [6.45, 7) is 9.97. The minimum atomic E-state index is -0.593. The molecule has 5 heteroatoms. The molecule has 0 aromatic carbocycles. The number of hydrogen-bond acceptors (Lipinski definition) is 5. The third-order valence-corrected chi connectivity index (χ3v) is 1.65. The highest BCUT2D eigenvalue weighted by atomic mass is 16.5. The Bertz CT molecular complexity index is 199. The second-order valence-corrected chi connectivity index (χ2v) is 4.26. The maximum Gasteiger partial charge on any atom is 0.308 e. The van der Waals surface area contributed by atoms with Gasteiger partial charge in [0.2, 0.25) is 0 Å². The van der Waals surface area contributed by atoms with Crippen molar-refractivity contribution in [3.05, 3.63) is 0 Å². The lowest BCUT2D eigenvalue weighted by Crippen LogP contribution is -2.11. The molecule has 0 radical (unpaired) electrons. The molecule has 0 rings (SSSR count). The fourth-order valence-electron chi connectivity index (χ4n) is 1.01. The summed E-state index contributed by atoms with van der Waals surface area (Å²) >= 11 is 0. The van der Waals surface area contributed by atoms with Gasteiger partial charge in [-0.05, 0) is 26.7 Å². The van der Waals surface area contributed by atoms with Crippen molar-refractivity contribution in [1.29, 1.82) is 0 Å². The largest absolute Gasteiger partial charge is 0.466 e. The average molecular weight is 262 g/mol. The Hall–Kier alpha value is -1.10. The summed E-state index contributed by atoms with van der Waals surface area (Å²) in [6, 6.07) is 0. The molecule has 0 saturated heterocycles. The fraction of sp³-hybridized carbons (Fsp3) is 0.846. The molecule has 0 aliphatic heterocycles. The predicted octanol–water partition coefficient (Wildman–Crippen LogP) is 1.92. The molecule has 0 spiro atoms. The summed E-state index contributed by atoms with van der Waals surface area (Å²) in [5, 5.41) is 8.65. The van der Waals surface area contributed by atoms with Crippen molar-refractivity contribution >= 4 is 11.9 Å². The number of esters is 2. The molecule has 1 N–H and O–H groups in total. The van der Waals surface area contributed by atoms with Gasteiger partial charge in [-0.3, -0.25) is 9.59 Å². The quantitative estimate of drug-likeness (QED) is 0.740. The summed E-state index contributed by atoms with van der Waals surface area (Å²) < 4.78 is 9.27. The Labute approximate surface area is 109 Å². The maximum atomic E-state index is 10.6. The van der Waals surface area contributed by atoms with Crippen LogP contribution in [-0.4, -0.2) is 36.4 Å². The fourth-order valence-corrected chi connectivity index (χ4v) is 1.01. The Morgan fingerprint density at radius 1 is 0.944 bits per heavy atom. The van der Waals surface area contributed by atoms with Gasteiger partial charge in [0.15, 0.2) is 0 Å². The van der Waals surface area contributed by atoms with Gasteiger partial charge in [0, 0.05) is 6.42 Å². The maximum absolute atomic E-state index is 10.6. The van der Waals surface area contributed by atoms with E-state index < -0.39 is 6.10 Å². The van der Waals surface area contributed by atoms with Gasteiger partial charge in [-0.2, -0.15) is 0 Å². The van der Waals surface area contributed by atoms with Gasteiger partial charge in [0.25, 0.3) is 0 Å². The van der Waals surface area contributed by atoms with Crippen LogP contribution in [0.25, 0.3) is 0 Å². The summed E-state index contributed by atoms with van der Waals surface area (Å²) in [5.74, 6) is -0.0240. The van der Waals surface area contributed by atoms with E-state index in [1.807, 2.05) is 20.8 Å². The number of carbonyl (C=O) groups excluding carboxylic acids is 2. The number of aliphatic hydroxyl groups excluding tert-OH is 1. The molecule has 0 unspecified atom stereocenters. The first-order valence-corrected chi connectivity index (χ1v) is 6.32. The van der Waals surface area contributed by atoms with Crippen LogP contribution in [0.3, 0.4) is 0 Å². The molecule has 5 nitrogen and oxygen atoms in total. The van der Waals surface area contributed by atoms with Crippen LogP contribution < -0.4 is 0 Å². The standard InChI is InChI=1S/C7H14O2.C6H12O3/c1-4-9-7(8)5-6(2)3;1-3-9-6(8)4-5(2)7/h6H,4-5H2,1-3H3;5,7H,3-4H2,1-2H3/t;5-/m.0/s1. The molecule has 1 atom stereocenters. The minimum Gasteiger partial charge on any atom is -0.466 e. The lowest BCUT2D eigenvalue weighted by molar-refractivity contribution is -0.145. The van der Waals surface area contributed by atoms with E-state index in [9.17, 15) is 9.59 Å². The first-order chi connectivity index (χ1) is 8.33. The van der Waals surface area contributed by atoms with Crippen molar-refractivity contribution in [2.45, 2.75) is 53.6 Å². The van der Waals surface area contributed by atoms with Gasteiger partial charge in [-0.25, -0.2) is 0 Å². The molecule has 18 heavy (non-hydrogen) atoms. The molecule has 0 fully saturated rings. The molecular formula is C13H26O5. The Morgan fingerprint density at radius 3 is 1.61 bits per heavy atom. The molecule has 0 aliphatic rings. The van der Waals surface area contributed by atoms with Crippen LogP contribution in [0.15, 0.2) is 0 Å². The van der Waals surface area contributed by atoms with Crippen LogP contribution in [-0.2, 0) is 19.1 Å². The van der Waals surface area contributed by atoms with Gasteiger partial charge in [-0.1, -0.05) is 13.8 Å². The molecule has 0 aromatic rings. The lowest BCUT2D eigenvalue weighted by atomic mass is 10.1. The SMILES string of the molecule is CCOC(=O)CC(C)C.CCOC(=O)C[C@H](C)O. The number of rotatable bonds is 6. The predicted molar refractivity (Wildman–Crippen MR) is 69.0 cm³/mol. The number of carbonyl (C=O) groups is 2. The average Bonchev–Trinajstić information content (AvgIpc) is 2.16. The van der Waals surface area contributed by atoms with Crippen LogP contribution in [0, 0.1) is 5.92 Å². The summed E-state index contributed by atoms with van der Waals surface area (Å²) in [4.78, 5) is 21.1. The molecule has 0 heterocycles. The van der Waals surface area contributed by atoms with E-state index >= 15 is 0 Å². The van der Waals surface area contributed by atoms with E-state index in [1.54, 1.807) is 13.8 Å². The van der Waals surface area contributed by atoms with Crippen molar-refractivity contribution in [2.24, 2.45) is 5.92 Å². The molecule has 0 aromatic heterocycles. The first-order valence-electron chi connectivity index (χ1n) is 6.32. The third kappa shape index (κ3) is 17.3. The van der Waals surface area contributed by atoms with Crippen LogP contribution in [0.1, 0.15) is 47.5 Å². The smallest absolute Gasteiger partial charge is 0.308 e. The Balaban J connectivity index is 0. The van der Waals surface area contributed by atoms with Gasteiger partial charge in [0.05, 0.1) is 25.7 Å². The molecule has 0 saturated carbocycles. The normalized spacial score (nSPS) is 11.3. The van der Waals surface area contributed by atoms with Crippen molar-refractivity contribution < 1.29 is 24.2 Å². The molecule has 0 amide bonds. The zero-order valence-corrected chi connectivity index (χ0v) is 12.1. The van der Waals surface area contributed by atoms with Crippen molar-refractivity contribution in [3.8, 4) is 0 Å². The minimum absolute atomic E-state index is 0.0903. The highest BCUT2D eigenvalue weighted by Gasteiger charge is 2.04. The summed E-state index contributed by atoms with van der Waals surface area (Å²) in [7, 11) is 0. The van der Waals surface area contributed by atoms with E-state index in [0.29, 0.717) is 25.6 Å². The highest BCUT2D eigenvalue weighted by Crippen LogP contribution is 1.99. The van der Waals surface area contributed by atoms with Crippen LogP contribution >= 0.6 is 0 Å². The topological polar surface area (TPSA) is 72.8 Å². The zero-order valence-electron chi connectivity index (χ0n) is 12.1. The van der Waals surface area contributed by atoms with E-state index in [0.717, 1.165) is 0 Å². The van der Waals surface area contributed by atoms with Gasteiger partial charge in [0.1, 0.15) is 0 Å². The van der Waals surface area contributed by atoms with Crippen molar-refractivity contribution in [1.82, 2.24) is 0 Å². The summed E-state index contributed by atoms with van der Waals surface area (Å²) in [6.07, 6.45) is 0.0332. The molecular weight excluding hydrogens is 236 g/mol. The van der Waals surface area contributed by atoms with Gasteiger partial charge in [-0.15, -0.1) is 0 Å². The molecule has 108 valence electrons. The summed E-state index contributed by atoms with van der Waals surface area (Å²) in [5.41, 5.74) is 0. The molecule has 0 aliphatic carbocycles. The van der Waals surface area contributed by atoms with E-state index in [-0.39, 0.29) is 18.4 Å². The van der Waals surface area contributed by atoms with E-state index in [2.05, 4.69) is 4.74 Å². The zero-order chi connectivity index (χ0) is 14.6. The van der Waals surface area contributed by atoms with Crippen molar-refractivity contribution in [3.63, 3.8) is 0 Å². The van der Waals surface area contributed by atoms with E-state index in [4.69, 9.17) is 9.84 Å².